The second-order valence-corrected chi connectivity index (χ2v) is 4.71. The molecule has 1 nitrogen and oxygen atoms in total. The highest BCUT2D eigenvalue weighted by atomic mass is 14.6. The van der Waals surface area contributed by atoms with Crippen molar-refractivity contribution in [2.45, 2.75) is 39.2 Å². The van der Waals surface area contributed by atoms with E-state index in [1.807, 2.05) is 0 Å². The third kappa shape index (κ3) is 2.36. The largest absolute Gasteiger partial charge is 0.324 e. The van der Waals surface area contributed by atoms with Gasteiger partial charge in [-0.2, -0.15) is 0 Å². The summed E-state index contributed by atoms with van der Waals surface area (Å²) < 4.78 is 0. The SMILES string of the molecule is Cc1cc(C)cc(C(N)CC2CC2)c1. The van der Waals surface area contributed by atoms with E-state index >= 15 is 0 Å². The molecule has 0 aliphatic heterocycles. The van der Waals surface area contributed by atoms with Crippen LogP contribution in [-0.2, 0) is 0 Å². The Hall–Kier alpha value is -0.820. The Balaban J connectivity index is 2.12. The van der Waals surface area contributed by atoms with Gasteiger partial charge in [0.2, 0.25) is 0 Å². The fraction of sp³-hybridized carbons (Fsp3) is 0.538. The van der Waals surface area contributed by atoms with Crippen LogP contribution < -0.4 is 5.73 Å². The summed E-state index contributed by atoms with van der Waals surface area (Å²) in [6.07, 6.45) is 3.94. The first-order chi connectivity index (χ1) is 6.65. The Morgan fingerprint density at radius 2 is 1.79 bits per heavy atom. The summed E-state index contributed by atoms with van der Waals surface area (Å²) in [5.41, 5.74) is 10.1. The monoisotopic (exact) mass is 189 g/mol. The summed E-state index contributed by atoms with van der Waals surface area (Å²) in [6, 6.07) is 6.90. The highest BCUT2D eigenvalue weighted by Gasteiger charge is 2.24. The van der Waals surface area contributed by atoms with Gasteiger partial charge < -0.3 is 5.73 Å². The maximum Gasteiger partial charge on any atom is 0.0297 e. The smallest absolute Gasteiger partial charge is 0.0297 e. The van der Waals surface area contributed by atoms with Crippen LogP contribution in [0.4, 0.5) is 0 Å². The van der Waals surface area contributed by atoms with Gasteiger partial charge in [0.05, 0.1) is 0 Å². The summed E-state index contributed by atoms with van der Waals surface area (Å²) in [5, 5.41) is 0. The normalized spacial score (nSPS) is 18.2. The molecule has 14 heavy (non-hydrogen) atoms. The number of aryl methyl sites for hydroxylation is 2. The topological polar surface area (TPSA) is 26.0 Å². The van der Waals surface area contributed by atoms with Gasteiger partial charge in [0.1, 0.15) is 0 Å². The lowest BCUT2D eigenvalue weighted by Crippen LogP contribution is -2.11. The molecule has 1 aliphatic carbocycles. The van der Waals surface area contributed by atoms with Crippen LogP contribution >= 0.6 is 0 Å². The van der Waals surface area contributed by atoms with Crippen molar-refractivity contribution in [3.05, 3.63) is 34.9 Å². The van der Waals surface area contributed by atoms with Gasteiger partial charge in [-0.15, -0.1) is 0 Å². The van der Waals surface area contributed by atoms with E-state index in [4.69, 9.17) is 5.73 Å². The number of hydrogen-bond donors (Lipinski definition) is 1. The molecule has 0 radical (unpaired) electrons. The van der Waals surface area contributed by atoms with Gasteiger partial charge in [0.15, 0.2) is 0 Å². The Kier molecular flexibility index (Phi) is 2.60. The molecule has 1 aromatic carbocycles. The molecule has 0 aromatic heterocycles. The van der Waals surface area contributed by atoms with Crippen molar-refractivity contribution in [1.29, 1.82) is 0 Å². The van der Waals surface area contributed by atoms with Gasteiger partial charge in [-0.25, -0.2) is 0 Å². The lowest BCUT2D eigenvalue weighted by molar-refractivity contribution is 0.596. The third-order valence-corrected chi connectivity index (χ3v) is 2.96. The predicted molar refractivity (Wildman–Crippen MR) is 60.2 cm³/mol. The highest BCUT2D eigenvalue weighted by molar-refractivity contribution is 5.30. The first-order valence-electron chi connectivity index (χ1n) is 5.49. The van der Waals surface area contributed by atoms with E-state index in [-0.39, 0.29) is 6.04 Å². The summed E-state index contributed by atoms with van der Waals surface area (Å²) in [5.74, 6) is 0.908. The average Bonchev–Trinajstić information content (AvgIpc) is 2.86. The molecule has 0 heterocycles. The van der Waals surface area contributed by atoms with Crippen molar-refractivity contribution in [2.24, 2.45) is 11.7 Å². The van der Waals surface area contributed by atoms with E-state index < -0.39 is 0 Å². The quantitative estimate of drug-likeness (QED) is 0.776. The van der Waals surface area contributed by atoms with Crippen LogP contribution in [0.5, 0.6) is 0 Å². The lowest BCUT2D eigenvalue weighted by Gasteiger charge is -2.13. The molecule has 1 unspecified atom stereocenters. The van der Waals surface area contributed by atoms with Gasteiger partial charge in [0, 0.05) is 6.04 Å². The second-order valence-electron chi connectivity index (χ2n) is 4.71. The summed E-state index contributed by atoms with van der Waals surface area (Å²) in [7, 11) is 0. The molecule has 1 saturated carbocycles. The summed E-state index contributed by atoms with van der Waals surface area (Å²) in [4.78, 5) is 0. The molecular formula is C13H19N. The van der Waals surface area contributed by atoms with Crippen LogP contribution in [0.3, 0.4) is 0 Å². The van der Waals surface area contributed by atoms with E-state index in [1.54, 1.807) is 0 Å². The molecule has 1 heteroatoms. The molecular weight excluding hydrogens is 170 g/mol. The van der Waals surface area contributed by atoms with Crippen LogP contribution in [0.25, 0.3) is 0 Å². The minimum Gasteiger partial charge on any atom is -0.324 e. The maximum atomic E-state index is 6.17. The molecule has 1 atom stereocenters. The van der Waals surface area contributed by atoms with Crippen LogP contribution in [0.2, 0.25) is 0 Å². The summed E-state index contributed by atoms with van der Waals surface area (Å²) in [6.45, 7) is 4.28. The van der Waals surface area contributed by atoms with E-state index in [0.29, 0.717) is 0 Å². The molecule has 0 spiro atoms. The van der Waals surface area contributed by atoms with Crippen LogP contribution in [0, 0.1) is 19.8 Å². The van der Waals surface area contributed by atoms with Crippen LogP contribution in [0.1, 0.15) is 42.0 Å². The molecule has 1 aliphatic rings. The van der Waals surface area contributed by atoms with Crippen LogP contribution in [-0.4, -0.2) is 0 Å². The van der Waals surface area contributed by atoms with Gasteiger partial charge >= 0.3 is 0 Å². The van der Waals surface area contributed by atoms with Crippen LogP contribution in [0.15, 0.2) is 18.2 Å². The van der Waals surface area contributed by atoms with Gasteiger partial charge in [0.25, 0.3) is 0 Å². The van der Waals surface area contributed by atoms with E-state index in [0.717, 1.165) is 5.92 Å². The van der Waals surface area contributed by atoms with Crippen molar-refractivity contribution in [3.8, 4) is 0 Å². The maximum absolute atomic E-state index is 6.17. The standard InChI is InChI=1S/C13H19N/c1-9-5-10(2)7-12(6-9)13(14)8-11-3-4-11/h5-7,11,13H,3-4,8,14H2,1-2H3. The molecule has 0 saturated heterocycles. The Bertz CT molecular complexity index is 306. The zero-order valence-corrected chi connectivity index (χ0v) is 9.09. The second kappa shape index (κ2) is 3.74. The number of nitrogens with two attached hydrogens (primary N) is 1. The zero-order chi connectivity index (χ0) is 10.1. The summed E-state index contributed by atoms with van der Waals surface area (Å²) >= 11 is 0. The molecule has 2 N–H and O–H groups in total. The Morgan fingerprint density at radius 3 is 2.29 bits per heavy atom. The van der Waals surface area contributed by atoms with Gasteiger partial charge in [-0.3, -0.25) is 0 Å². The number of rotatable bonds is 3. The highest BCUT2D eigenvalue weighted by Crippen LogP contribution is 2.36. The molecule has 1 aromatic rings. The predicted octanol–water partition coefficient (Wildman–Crippen LogP) is 3.10. The van der Waals surface area contributed by atoms with Gasteiger partial charge in [-0.05, 0) is 31.7 Å². The fourth-order valence-corrected chi connectivity index (χ4v) is 2.07. The van der Waals surface area contributed by atoms with Crippen molar-refractivity contribution in [3.63, 3.8) is 0 Å². The van der Waals surface area contributed by atoms with Crippen molar-refractivity contribution in [1.82, 2.24) is 0 Å². The van der Waals surface area contributed by atoms with E-state index in [9.17, 15) is 0 Å². The van der Waals surface area contributed by atoms with E-state index in [1.165, 1.54) is 36.0 Å². The van der Waals surface area contributed by atoms with Gasteiger partial charge in [-0.1, -0.05) is 42.2 Å². The van der Waals surface area contributed by atoms with Crippen molar-refractivity contribution >= 4 is 0 Å². The van der Waals surface area contributed by atoms with Crippen molar-refractivity contribution < 1.29 is 0 Å². The first kappa shape index (κ1) is 9.72. The molecule has 2 rings (SSSR count). The lowest BCUT2D eigenvalue weighted by atomic mass is 9.98. The fourth-order valence-electron chi connectivity index (χ4n) is 2.07. The van der Waals surface area contributed by atoms with E-state index in [2.05, 4.69) is 32.0 Å². The molecule has 76 valence electrons. The first-order valence-corrected chi connectivity index (χ1v) is 5.49. The minimum atomic E-state index is 0.251. The Labute approximate surface area is 86.3 Å². The number of hydrogen-bond acceptors (Lipinski definition) is 1. The molecule has 0 bridgehead atoms. The molecule has 0 amide bonds. The minimum absolute atomic E-state index is 0.251. The number of benzene rings is 1. The average molecular weight is 189 g/mol. The zero-order valence-electron chi connectivity index (χ0n) is 9.09. The third-order valence-electron chi connectivity index (χ3n) is 2.96. The van der Waals surface area contributed by atoms with Crippen molar-refractivity contribution in [2.75, 3.05) is 0 Å². The molecule has 1 fully saturated rings. The Morgan fingerprint density at radius 1 is 1.21 bits per heavy atom.